The molecular weight excluding hydrogens is 446 g/mol. The Kier molecular flexibility index (Phi) is 6.24. The fourth-order valence-electron chi connectivity index (χ4n) is 2.30. The molecule has 1 aromatic heterocycles. The van der Waals surface area contributed by atoms with Crippen molar-refractivity contribution in [1.29, 1.82) is 0 Å². The van der Waals surface area contributed by atoms with E-state index >= 15 is 0 Å². The molecule has 1 nitrogen and oxygen atoms in total. The fourth-order valence-corrected chi connectivity index (χ4v) is 4.44. The molecule has 0 bridgehead atoms. The Morgan fingerprint density at radius 1 is 0.900 bits per heavy atom. The Labute approximate surface area is 145 Å². The van der Waals surface area contributed by atoms with Crippen LogP contribution in [0.4, 0.5) is 0 Å². The Morgan fingerprint density at radius 3 is 2.15 bits per heavy atom. The smallest absolute Gasteiger partial charge is 0.0410 e. The Balaban J connectivity index is 2.21. The number of alkyl halides is 2. The van der Waals surface area contributed by atoms with Crippen LogP contribution in [-0.2, 0) is 12.8 Å². The van der Waals surface area contributed by atoms with E-state index in [1.807, 2.05) is 12.4 Å². The van der Waals surface area contributed by atoms with E-state index in [-0.39, 0.29) is 5.41 Å². The lowest BCUT2D eigenvalue weighted by molar-refractivity contribution is 0.385. The van der Waals surface area contributed by atoms with Gasteiger partial charge in [-0.1, -0.05) is 62.2 Å². The van der Waals surface area contributed by atoms with Crippen LogP contribution >= 0.6 is 47.8 Å². The van der Waals surface area contributed by atoms with Crippen LogP contribution in [-0.4, -0.2) is 15.6 Å². The number of aromatic nitrogens is 1. The minimum atomic E-state index is 0.157. The van der Waals surface area contributed by atoms with Crippen molar-refractivity contribution in [2.75, 3.05) is 10.7 Å². The van der Waals surface area contributed by atoms with Crippen molar-refractivity contribution in [3.8, 4) is 0 Å². The predicted molar refractivity (Wildman–Crippen MR) is 95.8 cm³/mol. The molecule has 0 saturated heterocycles. The summed E-state index contributed by atoms with van der Waals surface area (Å²) in [6, 6.07) is 12.8. The van der Waals surface area contributed by atoms with Crippen molar-refractivity contribution in [2.24, 2.45) is 5.41 Å². The predicted octanol–water partition coefficient (Wildman–Crippen LogP) is 5.41. The van der Waals surface area contributed by atoms with Crippen LogP contribution < -0.4 is 0 Å². The van der Waals surface area contributed by atoms with Gasteiger partial charge in [0, 0.05) is 27.5 Å². The fraction of sp³-hybridized carbons (Fsp3) is 0.312. The Bertz CT molecular complexity index is 538. The third-order valence-electron chi connectivity index (χ3n) is 3.33. The van der Waals surface area contributed by atoms with Gasteiger partial charge in [-0.15, -0.1) is 0 Å². The molecular formula is C16H16Br3N. The monoisotopic (exact) mass is 459 g/mol. The lowest BCUT2D eigenvalue weighted by Gasteiger charge is -2.30. The lowest BCUT2D eigenvalue weighted by atomic mass is 9.80. The minimum absolute atomic E-state index is 0.157. The first-order valence-corrected chi connectivity index (χ1v) is 9.46. The topological polar surface area (TPSA) is 12.9 Å². The van der Waals surface area contributed by atoms with E-state index in [0.29, 0.717) is 0 Å². The molecule has 20 heavy (non-hydrogen) atoms. The van der Waals surface area contributed by atoms with E-state index in [4.69, 9.17) is 0 Å². The van der Waals surface area contributed by atoms with E-state index in [2.05, 4.69) is 89.2 Å². The van der Waals surface area contributed by atoms with Gasteiger partial charge in [-0.05, 0) is 51.4 Å². The summed E-state index contributed by atoms with van der Waals surface area (Å²) < 4.78 is 1.03. The molecule has 4 heteroatoms. The van der Waals surface area contributed by atoms with E-state index in [1.165, 1.54) is 11.1 Å². The zero-order chi connectivity index (χ0) is 14.4. The first-order valence-electron chi connectivity index (χ1n) is 6.43. The van der Waals surface area contributed by atoms with Gasteiger partial charge in [0.05, 0.1) is 0 Å². The summed E-state index contributed by atoms with van der Waals surface area (Å²) in [5.41, 5.74) is 2.78. The summed E-state index contributed by atoms with van der Waals surface area (Å²) >= 11 is 10.9. The van der Waals surface area contributed by atoms with Crippen LogP contribution in [0.25, 0.3) is 0 Å². The van der Waals surface area contributed by atoms with Crippen molar-refractivity contribution >= 4 is 47.8 Å². The number of hydrogen-bond donors (Lipinski definition) is 0. The zero-order valence-corrected chi connectivity index (χ0v) is 15.8. The molecule has 0 fully saturated rings. The molecule has 0 saturated carbocycles. The average Bonchev–Trinajstić information content (AvgIpc) is 2.47. The summed E-state index contributed by atoms with van der Waals surface area (Å²) in [5.74, 6) is 0. The quantitative estimate of drug-likeness (QED) is 0.524. The molecule has 1 heterocycles. The van der Waals surface area contributed by atoms with E-state index in [0.717, 1.165) is 28.0 Å². The molecule has 2 rings (SSSR count). The van der Waals surface area contributed by atoms with Gasteiger partial charge in [0.25, 0.3) is 0 Å². The maximum absolute atomic E-state index is 4.27. The van der Waals surface area contributed by atoms with Crippen LogP contribution in [0.5, 0.6) is 0 Å². The SMILES string of the molecule is BrCC(CBr)(Cc1ccccc1)Cc1cncc(Br)c1. The highest BCUT2D eigenvalue weighted by Gasteiger charge is 2.28. The molecule has 0 spiro atoms. The molecule has 0 atom stereocenters. The molecule has 0 radical (unpaired) electrons. The van der Waals surface area contributed by atoms with Gasteiger partial charge < -0.3 is 0 Å². The second-order valence-corrected chi connectivity index (χ2v) is 7.15. The first kappa shape index (κ1) is 16.2. The number of nitrogens with zero attached hydrogens (tertiary/aromatic N) is 1. The largest absolute Gasteiger partial charge is 0.263 e. The van der Waals surface area contributed by atoms with Crippen LogP contribution in [0, 0.1) is 5.41 Å². The number of benzene rings is 1. The van der Waals surface area contributed by atoms with Crippen molar-refractivity contribution < 1.29 is 0 Å². The summed E-state index contributed by atoms with van der Waals surface area (Å²) in [6.45, 7) is 0. The standard InChI is InChI=1S/C16H16Br3N/c17-11-16(12-18,7-13-4-2-1-3-5-13)8-14-6-15(19)10-20-9-14/h1-6,9-10H,7-8,11-12H2. The maximum atomic E-state index is 4.27. The van der Waals surface area contributed by atoms with Crippen molar-refractivity contribution in [1.82, 2.24) is 4.98 Å². The van der Waals surface area contributed by atoms with Gasteiger partial charge in [-0.2, -0.15) is 0 Å². The molecule has 1 aromatic carbocycles. The third kappa shape index (κ3) is 4.40. The van der Waals surface area contributed by atoms with E-state index < -0.39 is 0 Å². The molecule has 106 valence electrons. The zero-order valence-electron chi connectivity index (χ0n) is 11.0. The highest BCUT2D eigenvalue weighted by atomic mass is 79.9. The molecule has 0 aliphatic heterocycles. The van der Waals surface area contributed by atoms with Crippen LogP contribution in [0.2, 0.25) is 0 Å². The maximum Gasteiger partial charge on any atom is 0.0410 e. The van der Waals surface area contributed by atoms with Gasteiger partial charge in [-0.25, -0.2) is 0 Å². The van der Waals surface area contributed by atoms with Crippen LogP contribution in [0.15, 0.2) is 53.3 Å². The van der Waals surface area contributed by atoms with Gasteiger partial charge in [0.1, 0.15) is 0 Å². The number of rotatable bonds is 6. The molecule has 2 aromatic rings. The summed E-state index contributed by atoms with van der Waals surface area (Å²) in [5, 5.41) is 1.90. The number of hydrogen-bond acceptors (Lipinski definition) is 1. The minimum Gasteiger partial charge on any atom is -0.263 e. The molecule has 0 aliphatic carbocycles. The Hall–Kier alpha value is -0.190. The van der Waals surface area contributed by atoms with Gasteiger partial charge in [0.2, 0.25) is 0 Å². The third-order valence-corrected chi connectivity index (χ3v) is 6.14. The first-order chi connectivity index (χ1) is 9.67. The number of pyridine rings is 1. The summed E-state index contributed by atoms with van der Waals surface area (Å²) in [7, 11) is 0. The highest BCUT2D eigenvalue weighted by Crippen LogP contribution is 2.32. The van der Waals surface area contributed by atoms with Gasteiger partial charge >= 0.3 is 0 Å². The van der Waals surface area contributed by atoms with E-state index in [1.54, 1.807) is 0 Å². The molecule has 0 amide bonds. The van der Waals surface area contributed by atoms with E-state index in [9.17, 15) is 0 Å². The van der Waals surface area contributed by atoms with Gasteiger partial charge in [0.15, 0.2) is 0 Å². The normalized spacial score (nSPS) is 11.6. The second kappa shape index (κ2) is 7.71. The highest BCUT2D eigenvalue weighted by molar-refractivity contribution is 9.10. The van der Waals surface area contributed by atoms with Gasteiger partial charge in [-0.3, -0.25) is 4.98 Å². The van der Waals surface area contributed by atoms with Crippen molar-refractivity contribution in [3.05, 3.63) is 64.4 Å². The number of halogens is 3. The Morgan fingerprint density at radius 2 is 1.55 bits per heavy atom. The van der Waals surface area contributed by atoms with Crippen molar-refractivity contribution in [2.45, 2.75) is 12.8 Å². The molecule has 0 N–H and O–H groups in total. The molecule has 0 unspecified atom stereocenters. The summed E-state index contributed by atoms with van der Waals surface area (Å²) in [6.07, 6.45) is 5.81. The average molecular weight is 462 g/mol. The molecule has 0 aliphatic rings. The lowest BCUT2D eigenvalue weighted by Crippen LogP contribution is -2.30. The van der Waals surface area contributed by atoms with Crippen LogP contribution in [0.1, 0.15) is 11.1 Å². The second-order valence-electron chi connectivity index (χ2n) is 5.12. The van der Waals surface area contributed by atoms with Crippen LogP contribution in [0.3, 0.4) is 0 Å². The summed E-state index contributed by atoms with van der Waals surface area (Å²) in [4.78, 5) is 4.27. The van der Waals surface area contributed by atoms with Crippen molar-refractivity contribution in [3.63, 3.8) is 0 Å².